The summed E-state index contributed by atoms with van der Waals surface area (Å²) in [6.45, 7) is 1.80. The predicted molar refractivity (Wildman–Crippen MR) is 99.0 cm³/mol. The summed E-state index contributed by atoms with van der Waals surface area (Å²) in [6, 6.07) is 13.8. The number of rotatable bonds is 3. The van der Waals surface area contributed by atoms with Crippen molar-refractivity contribution in [2.24, 2.45) is 0 Å². The minimum absolute atomic E-state index is 0.581. The van der Waals surface area contributed by atoms with Gasteiger partial charge in [-0.15, -0.1) is 0 Å². The largest absolute Gasteiger partial charge is 0.257 e. The lowest BCUT2D eigenvalue weighted by molar-refractivity contribution is -0.694. The molecule has 0 bridgehead atoms. The fourth-order valence-electron chi connectivity index (χ4n) is 3.34. The number of halogens is 3. The van der Waals surface area contributed by atoms with Crippen LogP contribution in [0, 0.1) is 0 Å². The summed E-state index contributed by atoms with van der Waals surface area (Å²) in [4.78, 5) is 0. The van der Waals surface area contributed by atoms with Gasteiger partial charge in [0.1, 0.15) is 12.7 Å². The van der Waals surface area contributed by atoms with E-state index in [1.807, 2.05) is 36.4 Å². The van der Waals surface area contributed by atoms with Crippen LogP contribution in [0.2, 0.25) is 15.1 Å². The van der Waals surface area contributed by atoms with E-state index >= 15 is 0 Å². The van der Waals surface area contributed by atoms with Crippen molar-refractivity contribution in [1.82, 2.24) is 4.57 Å². The summed E-state index contributed by atoms with van der Waals surface area (Å²) >= 11 is 18.6. The molecule has 0 fully saturated rings. The zero-order chi connectivity index (χ0) is 16.7. The van der Waals surface area contributed by atoms with Crippen molar-refractivity contribution >= 4 is 34.8 Å². The Morgan fingerprint density at radius 1 is 0.958 bits per heavy atom. The molecule has 24 heavy (non-hydrogen) atoms. The first-order valence-corrected chi connectivity index (χ1v) is 9.07. The van der Waals surface area contributed by atoms with E-state index in [4.69, 9.17) is 34.8 Å². The van der Waals surface area contributed by atoms with Crippen LogP contribution in [0.25, 0.3) is 11.3 Å². The standard InChI is InChI=1S/C19H16Cl3N2/c20-15-5-2-1-4-14(15)11-23-12-18(24-9-3-6-19(23)24)13-7-8-16(21)17(22)10-13/h1-2,4-5,7-8,10,12H,3,6,9,11H2/q+1. The van der Waals surface area contributed by atoms with Gasteiger partial charge < -0.3 is 0 Å². The highest BCUT2D eigenvalue weighted by molar-refractivity contribution is 6.42. The van der Waals surface area contributed by atoms with Gasteiger partial charge in [0, 0.05) is 16.1 Å². The van der Waals surface area contributed by atoms with E-state index in [-0.39, 0.29) is 0 Å². The van der Waals surface area contributed by atoms with Gasteiger partial charge in [-0.25, -0.2) is 9.13 Å². The Bertz CT molecular complexity index is 915. The summed E-state index contributed by atoms with van der Waals surface area (Å²) in [5.41, 5.74) is 3.39. The SMILES string of the molecule is Clc1ccc(-c2c[n+](Cc3ccccc3Cl)c3n2CCC3)cc1Cl. The van der Waals surface area contributed by atoms with Crippen LogP contribution < -0.4 is 4.57 Å². The number of fused-ring (bicyclic) bond motifs is 1. The molecule has 4 rings (SSSR count). The topological polar surface area (TPSA) is 8.81 Å². The molecule has 0 atom stereocenters. The summed E-state index contributed by atoms with van der Waals surface area (Å²) < 4.78 is 4.67. The van der Waals surface area contributed by atoms with Gasteiger partial charge in [0.25, 0.3) is 5.82 Å². The third kappa shape index (κ3) is 2.83. The molecule has 0 aliphatic carbocycles. The van der Waals surface area contributed by atoms with E-state index in [0.29, 0.717) is 10.0 Å². The number of imidazole rings is 1. The van der Waals surface area contributed by atoms with Gasteiger partial charge in [-0.05, 0) is 30.7 Å². The molecule has 3 aromatic rings. The Balaban J connectivity index is 1.77. The highest BCUT2D eigenvalue weighted by atomic mass is 35.5. The number of nitrogens with zero attached hydrogens (tertiary/aromatic N) is 2. The van der Waals surface area contributed by atoms with Gasteiger partial charge in [0.05, 0.1) is 23.0 Å². The Labute approximate surface area is 156 Å². The number of benzene rings is 2. The van der Waals surface area contributed by atoms with E-state index < -0.39 is 0 Å². The molecule has 1 aliphatic heterocycles. The van der Waals surface area contributed by atoms with Crippen molar-refractivity contribution in [3.63, 3.8) is 0 Å². The summed E-state index contributed by atoms with van der Waals surface area (Å²) in [7, 11) is 0. The normalized spacial score (nSPS) is 13.3. The molecular weight excluding hydrogens is 363 g/mol. The molecule has 1 aliphatic rings. The van der Waals surface area contributed by atoms with E-state index in [2.05, 4.69) is 21.4 Å². The molecule has 5 heteroatoms. The van der Waals surface area contributed by atoms with Crippen LogP contribution in [0.4, 0.5) is 0 Å². The van der Waals surface area contributed by atoms with Crippen LogP contribution >= 0.6 is 34.8 Å². The van der Waals surface area contributed by atoms with Gasteiger partial charge in [-0.1, -0.05) is 53.0 Å². The third-order valence-electron chi connectivity index (χ3n) is 4.51. The predicted octanol–water partition coefficient (Wildman–Crippen LogP) is 5.40. The summed E-state index contributed by atoms with van der Waals surface area (Å²) in [5.74, 6) is 1.33. The lowest BCUT2D eigenvalue weighted by atomic mass is 10.1. The Hall–Kier alpha value is -1.48. The van der Waals surface area contributed by atoms with Crippen LogP contribution in [0.15, 0.2) is 48.7 Å². The van der Waals surface area contributed by atoms with Crippen LogP contribution in [0.1, 0.15) is 17.8 Å². The number of hydrogen-bond acceptors (Lipinski definition) is 0. The third-order valence-corrected chi connectivity index (χ3v) is 5.62. The van der Waals surface area contributed by atoms with Crippen molar-refractivity contribution in [2.45, 2.75) is 25.9 Å². The maximum absolute atomic E-state index is 6.33. The minimum Gasteiger partial charge on any atom is -0.229 e. The first-order valence-electron chi connectivity index (χ1n) is 7.94. The molecule has 2 aromatic carbocycles. The first kappa shape index (κ1) is 16.0. The second-order valence-electron chi connectivity index (χ2n) is 6.03. The van der Waals surface area contributed by atoms with E-state index in [0.717, 1.165) is 42.1 Å². The molecule has 0 radical (unpaired) electrons. The van der Waals surface area contributed by atoms with Crippen LogP contribution in [0.5, 0.6) is 0 Å². The van der Waals surface area contributed by atoms with Crippen LogP contribution in [0.3, 0.4) is 0 Å². The monoisotopic (exact) mass is 377 g/mol. The molecule has 0 saturated carbocycles. The molecule has 0 N–H and O–H groups in total. The van der Waals surface area contributed by atoms with Crippen LogP contribution in [-0.2, 0) is 19.5 Å². The smallest absolute Gasteiger partial charge is 0.229 e. The lowest BCUT2D eigenvalue weighted by Gasteiger charge is -2.02. The van der Waals surface area contributed by atoms with Crippen molar-refractivity contribution in [1.29, 1.82) is 0 Å². The fourth-order valence-corrected chi connectivity index (χ4v) is 3.84. The molecular formula is C19H16Cl3N2+. The maximum Gasteiger partial charge on any atom is 0.257 e. The van der Waals surface area contributed by atoms with Gasteiger partial charge in [0.2, 0.25) is 0 Å². The maximum atomic E-state index is 6.33. The van der Waals surface area contributed by atoms with Crippen molar-refractivity contribution in [2.75, 3.05) is 0 Å². The molecule has 0 saturated heterocycles. The zero-order valence-corrected chi connectivity index (χ0v) is 15.2. The average molecular weight is 379 g/mol. The first-order chi connectivity index (χ1) is 11.6. The van der Waals surface area contributed by atoms with Crippen LogP contribution in [-0.4, -0.2) is 4.57 Å². The van der Waals surface area contributed by atoms with Gasteiger partial charge >= 0.3 is 0 Å². The average Bonchev–Trinajstić information content (AvgIpc) is 3.16. The zero-order valence-electron chi connectivity index (χ0n) is 13.0. The second kappa shape index (κ2) is 6.44. The molecule has 2 nitrogen and oxygen atoms in total. The molecule has 1 aromatic heterocycles. The minimum atomic E-state index is 0.581. The molecule has 0 amide bonds. The van der Waals surface area contributed by atoms with Gasteiger partial charge in [-0.3, -0.25) is 0 Å². The molecule has 122 valence electrons. The molecule has 0 spiro atoms. The van der Waals surface area contributed by atoms with Crippen molar-refractivity contribution < 1.29 is 4.57 Å². The highest BCUT2D eigenvalue weighted by Crippen LogP contribution is 2.30. The van der Waals surface area contributed by atoms with E-state index in [1.54, 1.807) is 0 Å². The number of hydrogen-bond donors (Lipinski definition) is 0. The van der Waals surface area contributed by atoms with Gasteiger partial charge in [0.15, 0.2) is 5.69 Å². The van der Waals surface area contributed by atoms with E-state index in [1.165, 1.54) is 11.5 Å². The van der Waals surface area contributed by atoms with Crippen molar-refractivity contribution in [3.8, 4) is 11.3 Å². The Kier molecular flexibility index (Phi) is 4.29. The quantitative estimate of drug-likeness (QED) is 0.540. The number of aromatic nitrogens is 2. The van der Waals surface area contributed by atoms with Gasteiger partial charge in [-0.2, -0.15) is 0 Å². The fraction of sp³-hybridized carbons (Fsp3) is 0.211. The Morgan fingerprint density at radius 2 is 1.79 bits per heavy atom. The lowest BCUT2D eigenvalue weighted by Crippen LogP contribution is -2.36. The second-order valence-corrected chi connectivity index (χ2v) is 7.26. The van der Waals surface area contributed by atoms with Crippen molar-refractivity contribution in [3.05, 3.63) is 75.1 Å². The molecule has 0 unspecified atom stereocenters. The molecule has 2 heterocycles. The summed E-state index contributed by atoms with van der Waals surface area (Å²) in [5, 5.41) is 1.97. The Morgan fingerprint density at radius 3 is 2.58 bits per heavy atom. The summed E-state index contributed by atoms with van der Waals surface area (Å²) in [6.07, 6.45) is 4.43. The van der Waals surface area contributed by atoms with E-state index in [9.17, 15) is 0 Å². The highest BCUT2D eigenvalue weighted by Gasteiger charge is 2.29.